The molecule has 3 rings (SSSR count). The van der Waals surface area contributed by atoms with E-state index in [1.807, 2.05) is 0 Å². The lowest BCUT2D eigenvalue weighted by Gasteiger charge is -2.38. The maximum atomic E-state index is 3.50. The number of hydrogen-bond donors (Lipinski definition) is 3. The van der Waals surface area contributed by atoms with E-state index in [9.17, 15) is 0 Å². The van der Waals surface area contributed by atoms with E-state index in [0.29, 0.717) is 12.1 Å². The molecule has 2 heterocycles. The lowest BCUT2D eigenvalue weighted by Crippen LogP contribution is -2.54. The summed E-state index contributed by atoms with van der Waals surface area (Å²) in [4.78, 5) is 5.82. The monoisotopic (exact) mass is 258 g/mol. The molecule has 0 radical (unpaired) electrons. The predicted molar refractivity (Wildman–Crippen MR) is 79.4 cm³/mol. The Hall–Kier alpha value is -1.36. The zero-order valence-electron chi connectivity index (χ0n) is 11.6. The molecule has 1 aliphatic heterocycles. The molecule has 1 aliphatic rings. The van der Waals surface area contributed by atoms with Crippen molar-refractivity contribution in [3.05, 3.63) is 36.0 Å². The molecule has 2 atom stereocenters. The average Bonchev–Trinajstić information content (AvgIpc) is 2.86. The first kappa shape index (κ1) is 12.7. The van der Waals surface area contributed by atoms with E-state index in [1.54, 1.807) is 0 Å². The summed E-state index contributed by atoms with van der Waals surface area (Å²) < 4.78 is 0. The van der Waals surface area contributed by atoms with Crippen LogP contribution in [0.25, 0.3) is 10.9 Å². The second kappa shape index (κ2) is 5.33. The van der Waals surface area contributed by atoms with Gasteiger partial charge in [-0.3, -0.25) is 4.90 Å². The molecule has 0 bridgehead atoms. The number of nitrogens with zero attached hydrogens (tertiary/aromatic N) is 1. The number of fused-ring (bicyclic) bond motifs is 1. The van der Waals surface area contributed by atoms with Crippen LogP contribution in [0.4, 0.5) is 0 Å². The van der Waals surface area contributed by atoms with Gasteiger partial charge in [-0.1, -0.05) is 18.2 Å². The molecule has 0 spiro atoms. The van der Waals surface area contributed by atoms with Gasteiger partial charge in [-0.2, -0.15) is 0 Å². The highest BCUT2D eigenvalue weighted by molar-refractivity contribution is 5.83. The molecule has 102 valence electrons. The summed E-state index contributed by atoms with van der Waals surface area (Å²) in [5, 5.41) is 8.31. The molecule has 1 fully saturated rings. The van der Waals surface area contributed by atoms with Crippen molar-refractivity contribution in [3.8, 4) is 0 Å². The maximum absolute atomic E-state index is 3.50. The summed E-state index contributed by atoms with van der Waals surface area (Å²) in [6, 6.07) is 9.34. The molecule has 0 aliphatic carbocycles. The first-order chi connectivity index (χ1) is 9.31. The van der Waals surface area contributed by atoms with E-state index in [2.05, 4.69) is 65.1 Å². The van der Waals surface area contributed by atoms with Crippen LogP contribution in [-0.4, -0.2) is 49.7 Å². The largest absolute Gasteiger partial charge is 0.361 e. The van der Waals surface area contributed by atoms with Crippen LogP contribution in [0.3, 0.4) is 0 Å². The molecular formula is C15H22N4. The molecule has 2 unspecified atom stereocenters. The van der Waals surface area contributed by atoms with E-state index in [1.165, 1.54) is 16.5 Å². The highest BCUT2D eigenvalue weighted by atomic mass is 15.2. The predicted octanol–water partition coefficient (Wildman–Crippen LogP) is 1.33. The van der Waals surface area contributed by atoms with Crippen LogP contribution in [0.1, 0.15) is 11.6 Å². The van der Waals surface area contributed by atoms with Gasteiger partial charge in [0.1, 0.15) is 0 Å². The minimum Gasteiger partial charge on any atom is -0.361 e. The Morgan fingerprint density at radius 3 is 3.00 bits per heavy atom. The lowest BCUT2D eigenvalue weighted by atomic mass is 9.96. The number of aromatic amines is 1. The lowest BCUT2D eigenvalue weighted by molar-refractivity contribution is 0.162. The molecule has 1 aromatic heterocycles. The summed E-state index contributed by atoms with van der Waals surface area (Å²) in [6.45, 7) is 3.21. The third-order valence-electron chi connectivity index (χ3n) is 4.21. The number of likely N-dealkylation sites (N-methyl/N-ethyl adjacent to an activating group) is 2. The molecule has 4 nitrogen and oxygen atoms in total. The van der Waals surface area contributed by atoms with E-state index < -0.39 is 0 Å². The van der Waals surface area contributed by atoms with Crippen molar-refractivity contribution in [2.75, 3.05) is 33.7 Å². The number of benzene rings is 1. The highest BCUT2D eigenvalue weighted by Gasteiger charge is 2.29. The second-order valence-corrected chi connectivity index (χ2v) is 5.31. The number of rotatable bonds is 3. The molecule has 0 amide bonds. The van der Waals surface area contributed by atoms with Crippen molar-refractivity contribution in [1.82, 2.24) is 20.5 Å². The first-order valence-electron chi connectivity index (χ1n) is 6.95. The van der Waals surface area contributed by atoms with E-state index in [-0.39, 0.29) is 0 Å². The molecular weight excluding hydrogens is 236 g/mol. The second-order valence-electron chi connectivity index (χ2n) is 5.31. The van der Waals surface area contributed by atoms with Crippen molar-refractivity contribution in [2.45, 2.75) is 12.1 Å². The Morgan fingerprint density at radius 1 is 1.37 bits per heavy atom. The number of H-pyrrole nitrogens is 1. The van der Waals surface area contributed by atoms with Gasteiger partial charge < -0.3 is 15.6 Å². The van der Waals surface area contributed by atoms with Crippen LogP contribution < -0.4 is 10.6 Å². The van der Waals surface area contributed by atoms with Crippen LogP contribution in [-0.2, 0) is 0 Å². The molecule has 2 aromatic rings. The zero-order chi connectivity index (χ0) is 13.2. The molecule has 1 saturated heterocycles. The van der Waals surface area contributed by atoms with Gasteiger partial charge in [0.15, 0.2) is 0 Å². The van der Waals surface area contributed by atoms with Gasteiger partial charge in [0, 0.05) is 42.8 Å². The minimum absolute atomic E-state index is 0.342. The average molecular weight is 258 g/mol. The SMILES string of the molecule is CNC(c1c[nH]c2ccccc12)C1CNCCN1C. The van der Waals surface area contributed by atoms with Gasteiger partial charge >= 0.3 is 0 Å². The fourth-order valence-electron chi connectivity index (χ4n) is 3.11. The van der Waals surface area contributed by atoms with Gasteiger partial charge in [-0.05, 0) is 25.7 Å². The van der Waals surface area contributed by atoms with Crippen LogP contribution >= 0.6 is 0 Å². The number of hydrogen-bond acceptors (Lipinski definition) is 3. The Bertz CT molecular complexity index is 548. The number of para-hydroxylation sites is 1. The molecule has 19 heavy (non-hydrogen) atoms. The summed E-state index contributed by atoms with van der Waals surface area (Å²) in [7, 11) is 4.26. The van der Waals surface area contributed by atoms with Gasteiger partial charge in [0.05, 0.1) is 6.04 Å². The van der Waals surface area contributed by atoms with Crippen LogP contribution in [0.15, 0.2) is 30.5 Å². The standard InChI is InChI=1S/C15H22N4/c1-16-15(14-10-17-7-8-19(14)2)12-9-18-13-6-4-3-5-11(12)13/h3-6,9,14-18H,7-8,10H2,1-2H3. The van der Waals surface area contributed by atoms with Crippen molar-refractivity contribution in [3.63, 3.8) is 0 Å². The molecule has 3 N–H and O–H groups in total. The highest BCUT2D eigenvalue weighted by Crippen LogP contribution is 2.28. The van der Waals surface area contributed by atoms with E-state index >= 15 is 0 Å². The van der Waals surface area contributed by atoms with Gasteiger partial charge in [-0.25, -0.2) is 0 Å². The smallest absolute Gasteiger partial charge is 0.0509 e. The fraction of sp³-hybridized carbons (Fsp3) is 0.467. The number of nitrogens with one attached hydrogen (secondary N) is 3. The Morgan fingerprint density at radius 2 is 2.21 bits per heavy atom. The number of aromatic nitrogens is 1. The van der Waals surface area contributed by atoms with Crippen molar-refractivity contribution in [2.24, 2.45) is 0 Å². The van der Waals surface area contributed by atoms with E-state index in [4.69, 9.17) is 0 Å². The van der Waals surface area contributed by atoms with Gasteiger partial charge in [0.25, 0.3) is 0 Å². The fourth-order valence-corrected chi connectivity index (χ4v) is 3.11. The zero-order valence-corrected chi connectivity index (χ0v) is 11.6. The summed E-state index contributed by atoms with van der Waals surface area (Å²) in [5.41, 5.74) is 2.57. The van der Waals surface area contributed by atoms with E-state index in [0.717, 1.165) is 19.6 Å². The third-order valence-corrected chi connectivity index (χ3v) is 4.21. The topological polar surface area (TPSA) is 43.1 Å². The quantitative estimate of drug-likeness (QED) is 0.778. The van der Waals surface area contributed by atoms with Gasteiger partial charge in [-0.15, -0.1) is 0 Å². The van der Waals surface area contributed by atoms with Crippen molar-refractivity contribution in [1.29, 1.82) is 0 Å². The maximum Gasteiger partial charge on any atom is 0.0509 e. The number of piperazine rings is 1. The van der Waals surface area contributed by atoms with Gasteiger partial charge in [0.2, 0.25) is 0 Å². The Kier molecular flexibility index (Phi) is 3.55. The summed E-state index contributed by atoms with van der Waals surface area (Å²) in [6.07, 6.45) is 2.15. The normalized spacial score (nSPS) is 22.7. The first-order valence-corrected chi connectivity index (χ1v) is 6.95. The van der Waals surface area contributed by atoms with Crippen molar-refractivity contribution >= 4 is 10.9 Å². The molecule has 4 heteroatoms. The van der Waals surface area contributed by atoms with Crippen molar-refractivity contribution < 1.29 is 0 Å². The Balaban J connectivity index is 1.97. The third kappa shape index (κ3) is 2.27. The van der Waals surface area contributed by atoms with Crippen LogP contribution in [0.2, 0.25) is 0 Å². The summed E-state index contributed by atoms with van der Waals surface area (Å²) in [5.74, 6) is 0. The Labute approximate surface area is 114 Å². The summed E-state index contributed by atoms with van der Waals surface area (Å²) >= 11 is 0. The van der Waals surface area contributed by atoms with Crippen LogP contribution in [0, 0.1) is 0 Å². The molecule has 1 aromatic carbocycles. The minimum atomic E-state index is 0.342. The van der Waals surface area contributed by atoms with Crippen LogP contribution in [0.5, 0.6) is 0 Å². The molecule has 0 saturated carbocycles.